The molecule has 1 aromatic carbocycles. The third-order valence-electron chi connectivity index (χ3n) is 4.05. The second-order valence-corrected chi connectivity index (χ2v) is 8.48. The number of hydrogen-bond donors (Lipinski definition) is 1. The Morgan fingerprint density at radius 3 is 3.04 bits per heavy atom. The first-order valence-electron chi connectivity index (χ1n) is 8.20. The summed E-state index contributed by atoms with van der Waals surface area (Å²) in [4.78, 5) is 16.8. The molecule has 23 heavy (non-hydrogen) atoms. The van der Waals surface area contributed by atoms with Crippen LogP contribution >= 0.6 is 23.1 Å². The first kappa shape index (κ1) is 16.5. The monoisotopic (exact) mass is 346 g/mol. The smallest absolute Gasteiger partial charge is 0.233 e. The van der Waals surface area contributed by atoms with Crippen LogP contribution in [-0.2, 0) is 4.79 Å². The number of carbonyl (C=O) groups is 1. The molecule has 0 radical (unpaired) electrons. The van der Waals surface area contributed by atoms with Gasteiger partial charge in [-0.2, -0.15) is 0 Å². The average Bonchev–Trinajstić information content (AvgIpc) is 2.98. The molecule has 1 aliphatic rings. The summed E-state index contributed by atoms with van der Waals surface area (Å²) in [7, 11) is 0. The van der Waals surface area contributed by atoms with Gasteiger partial charge in [-0.25, -0.2) is 4.98 Å². The van der Waals surface area contributed by atoms with Crippen molar-refractivity contribution >= 4 is 39.2 Å². The van der Waals surface area contributed by atoms with Gasteiger partial charge in [0.2, 0.25) is 5.91 Å². The van der Waals surface area contributed by atoms with Crippen molar-refractivity contribution in [3.05, 3.63) is 35.9 Å². The van der Waals surface area contributed by atoms with E-state index >= 15 is 0 Å². The van der Waals surface area contributed by atoms with Crippen molar-refractivity contribution < 1.29 is 4.79 Å². The van der Waals surface area contributed by atoms with E-state index < -0.39 is 0 Å². The van der Waals surface area contributed by atoms with Gasteiger partial charge in [0.25, 0.3) is 0 Å². The zero-order valence-electron chi connectivity index (χ0n) is 13.4. The average molecular weight is 347 g/mol. The summed E-state index contributed by atoms with van der Waals surface area (Å²) >= 11 is 3.20. The van der Waals surface area contributed by atoms with Crippen LogP contribution in [0.15, 0.2) is 40.3 Å². The normalized spacial score (nSPS) is 16.1. The molecule has 0 saturated carbocycles. The van der Waals surface area contributed by atoms with E-state index in [4.69, 9.17) is 0 Å². The molecule has 2 aromatic rings. The molecule has 1 atom stereocenters. The molecule has 0 bridgehead atoms. The lowest BCUT2D eigenvalue weighted by atomic mass is 9.97. The zero-order valence-corrected chi connectivity index (χ0v) is 15.0. The number of amides is 1. The van der Waals surface area contributed by atoms with Gasteiger partial charge in [0.15, 0.2) is 4.34 Å². The molecule has 3 rings (SSSR count). The molecule has 0 saturated heterocycles. The van der Waals surface area contributed by atoms with Gasteiger partial charge in [0.1, 0.15) is 0 Å². The van der Waals surface area contributed by atoms with Crippen molar-refractivity contribution in [2.75, 3.05) is 6.54 Å². The van der Waals surface area contributed by atoms with Gasteiger partial charge in [0, 0.05) is 6.54 Å². The summed E-state index contributed by atoms with van der Waals surface area (Å²) in [5.74, 6) is 0.102. The van der Waals surface area contributed by atoms with Crippen LogP contribution in [0.5, 0.6) is 0 Å². The number of fused-ring (bicyclic) bond motifs is 1. The number of rotatable bonds is 6. The van der Waals surface area contributed by atoms with Crippen molar-refractivity contribution in [3.63, 3.8) is 0 Å². The molecule has 1 aromatic heterocycles. The second-order valence-electron chi connectivity index (χ2n) is 5.86. The van der Waals surface area contributed by atoms with E-state index in [0.717, 1.165) is 22.8 Å². The van der Waals surface area contributed by atoms with E-state index in [-0.39, 0.29) is 11.2 Å². The summed E-state index contributed by atoms with van der Waals surface area (Å²) in [6.45, 7) is 2.70. The molecule has 0 unspecified atom stereocenters. The maximum absolute atomic E-state index is 12.2. The van der Waals surface area contributed by atoms with Crippen LogP contribution in [0.25, 0.3) is 10.2 Å². The summed E-state index contributed by atoms with van der Waals surface area (Å²) < 4.78 is 2.13. The lowest BCUT2D eigenvalue weighted by Gasteiger charge is -2.14. The van der Waals surface area contributed by atoms with Crippen LogP contribution in [0.4, 0.5) is 0 Å². The molecule has 0 fully saturated rings. The quantitative estimate of drug-likeness (QED) is 0.604. The maximum atomic E-state index is 12.2. The van der Waals surface area contributed by atoms with Crippen molar-refractivity contribution in [1.29, 1.82) is 0 Å². The SMILES string of the molecule is C[C@H](Sc1nc2ccccc2s1)C(=O)NCCC1=CCCCC1. The minimum atomic E-state index is -0.115. The highest BCUT2D eigenvalue weighted by Crippen LogP contribution is 2.31. The predicted molar refractivity (Wildman–Crippen MR) is 99.1 cm³/mol. The van der Waals surface area contributed by atoms with Crippen LogP contribution in [0.3, 0.4) is 0 Å². The van der Waals surface area contributed by atoms with Crippen molar-refractivity contribution in [1.82, 2.24) is 10.3 Å². The Labute approximate surface area is 145 Å². The molecule has 3 nitrogen and oxygen atoms in total. The van der Waals surface area contributed by atoms with E-state index in [0.29, 0.717) is 0 Å². The van der Waals surface area contributed by atoms with Crippen LogP contribution in [0.2, 0.25) is 0 Å². The van der Waals surface area contributed by atoms with E-state index in [1.807, 2.05) is 25.1 Å². The van der Waals surface area contributed by atoms with Gasteiger partial charge in [-0.3, -0.25) is 4.79 Å². The number of aromatic nitrogens is 1. The first-order valence-corrected chi connectivity index (χ1v) is 9.90. The largest absolute Gasteiger partial charge is 0.355 e. The minimum absolute atomic E-state index is 0.102. The Balaban J connectivity index is 1.48. The third-order valence-corrected chi connectivity index (χ3v) is 6.28. The van der Waals surface area contributed by atoms with Gasteiger partial charge in [-0.1, -0.05) is 35.5 Å². The van der Waals surface area contributed by atoms with E-state index in [1.165, 1.54) is 36.0 Å². The van der Waals surface area contributed by atoms with Crippen LogP contribution in [0, 0.1) is 0 Å². The molecule has 5 heteroatoms. The topological polar surface area (TPSA) is 42.0 Å². The second kappa shape index (κ2) is 7.97. The van der Waals surface area contributed by atoms with Crippen molar-refractivity contribution in [2.24, 2.45) is 0 Å². The van der Waals surface area contributed by atoms with Gasteiger partial charge in [-0.05, 0) is 51.2 Å². The highest BCUT2D eigenvalue weighted by atomic mass is 32.2. The fraction of sp³-hybridized carbons (Fsp3) is 0.444. The molecular weight excluding hydrogens is 324 g/mol. The highest BCUT2D eigenvalue weighted by Gasteiger charge is 2.16. The molecule has 0 aliphatic heterocycles. The molecule has 1 aliphatic carbocycles. The Hall–Kier alpha value is -1.33. The third kappa shape index (κ3) is 4.58. The predicted octanol–water partition coefficient (Wildman–Crippen LogP) is 4.78. The van der Waals surface area contributed by atoms with E-state index in [2.05, 4.69) is 22.4 Å². The number of allylic oxidation sites excluding steroid dienone is 1. The standard InChI is InChI=1S/C18H22N2OS2/c1-13(17(21)19-12-11-14-7-3-2-4-8-14)22-18-20-15-9-5-6-10-16(15)23-18/h5-7,9-10,13H,2-4,8,11-12H2,1H3,(H,19,21)/t13-/m0/s1. The summed E-state index contributed by atoms with van der Waals surface area (Å²) in [5.41, 5.74) is 2.51. The number of para-hydroxylation sites is 1. The van der Waals surface area contributed by atoms with Gasteiger partial charge >= 0.3 is 0 Å². The van der Waals surface area contributed by atoms with Crippen LogP contribution < -0.4 is 5.32 Å². The fourth-order valence-corrected chi connectivity index (χ4v) is 4.96. The number of hydrogen-bond acceptors (Lipinski definition) is 4. The molecule has 122 valence electrons. The molecule has 1 heterocycles. The highest BCUT2D eigenvalue weighted by molar-refractivity contribution is 8.02. The Bertz CT molecular complexity index is 675. The Morgan fingerprint density at radius 2 is 2.26 bits per heavy atom. The molecular formula is C18H22N2OS2. The Kier molecular flexibility index (Phi) is 5.73. The minimum Gasteiger partial charge on any atom is -0.355 e. The molecule has 0 spiro atoms. The van der Waals surface area contributed by atoms with Gasteiger partial charge in [0.05, 0.1) is 15.5 Å². The van der Waals surface area contributed by atoms with Crippen LogP contribution in [0.1, 0.15) is 39.0 Å². The number of benzene rings is 1. The number of carbonyl (C=O) groups excluding carboxylic acids is 1. The Morgan fingerprint density at radius 1 is 1.39 bits per heavy atom. The maximum Gasteiger partial charge on any atom is 0.233 e. The van der Waals surface area contributed by atoms with Gasteiger partial charge in [-0.15, -0.1) is 11.3 Å². The molecule has 1 N–H and O–H groups in total. The first-order chi connectivity index (χ1) is 11.2. The van der Waals surface area contributed by atoms with E-state index in [9.17, 15) is 4.79 Å². The number of nitrogens with zero attached hydrogens (tertiary/aromatic N) is 1. The zero-order chi connectivity index (χ0) is 16.1. The van der Waals surface area contributed by atoms with E-state index in [1.54, 1.807) is 23.1 Å². The summed E-state index contributed by atoms with van der Waals surface area (Å²) in [6, 6.07) is 8.09. The molecule has 1 amide bonds. The summed E-state index contributed by atoms with van der Waals surface area (Å²) in [6.07, 6.45) is 8.34. The lowest BCUT2D eigenvalue weighted by molar-refractivity contribution is -0.120. The van der Waals surface area contributed by atoms with Crippen molar-refractivity contribution in [2.45, 2.75) is 48.6 Å². The lowest BCUT2D eigenvalue weighted by Crippen LogP contribution is -2.31. The summed E-state index contributed by atoms with van der Waals surface area (Å²) in [5, 5.41) is 2.95. The number of nitrogens with one attached hydrogen (secondary N) is 1. The fourth-order valence-electron chi connectivity index (χ4n) is 2.73. The van der Waals surface area contributed by atoms with Crippen molar-refractivity contribution in [3.8, 4) is 0 Å². The van der Waals surface area contributed by atoms with Gasteiger partial charge < -0.3 is 5.32 Å². The number of thioether (sulfide) groups is 1. The number of thiazole rings is 1. The van der Waals surface area contributed by atoms with Crippen LogP contribution in [-0.4, -0.2) is 22.7 Å².